The molecule has 4 heterocycles. The van der Waals surface area contributed by atoms with Gasteiger partial charge in [-0.3, -0.25) is 19.5 Å². The highest BCUT2D eigenvalue weighted by Crippen LogP contribution is 2.37. The van der Waals surface area contributed by atoms with Crippen molar-refractivity contribution < 1.29 is 19.1 Å². The molecular weight excluding hydrogens is 470 g/mol. The van der Waals surface area contributed by atoms with E-state index in [1.54, 1.807) is 31.6 Å². The molecule has 12 heteroatoms. The molecule has 1 saturated heterocycles. The number of methoxy groups -OCH3 is 2. The zero-order valence-corrected chi connectivity index (χ0v) is 20.2. The van der Waals surface area contributed by atoms with E-state index in [0.29, 0.717) is 34.4 Å². The lowest BCUT2D eigenvalue weighted by Gasteiger charge is -2.24. The van der Waals surface area contributed by atoms with Gasteiger partial charge in [-0.25, -0.2) is 0 Å². The van der Waals surface area contributed by atoms with Crippen LogP contribution in [0.3, 0.4) is 0 Å². The van der Waals surface area contributed by atoms with Crippen molar-refractivity contribution in [1.82, 2.24) is 20.5 Å². The van der Waals surface area contributed by atoms with Gasteiger partial charge in [-0.05, 0) is 36.7 Å². The second kappa shape index (κ2) is 9.84. The lowest BCUT2D eigenvalue weighted by atomic mass is 10.1. The molecule has 0 spiro atoms. The SMILES string of the molecule is COc1cc2c(cc1OC)C(=O)N(c1nnc(C(=O)Nc3cnccc3N3CCCNCC3)s1)C2. The van der Waals surface area contributed by atoms with E-state index in [-0.39, 0.29) is 10.9 Å². The molecular formula is C23H25N7O4S. The summed E-state index contributed by atoms with van der Waals surface area (Å²) in [6.45, 7) is 3.87. The molecule has 2 N–H and O–H groups in total. The van der Waals surface area contributed by atoms with E-state index in [1.807, 2.05) is 6.07 Å². The Labute approximate surface area is 206 Å². The smallest absolute Gasteiger partial charge is 0.286 e. The van der Waals surface area contributed by atoms with E-state index in [0.717, 1.165) is 55.2 Å². The summed E-state index contributed by atoms with van der Waals surface area (Å²) in [4.78, 5) is 33.9. The Morgan fingerprint density at radius 1 is 1.14 bits per heavy atom. The molecule has 2 aromatic heterocycles. The minimum atomic E-state index is -0.400. The number of nitrogens with zero attached hydrogens (tertiary/aromatic N) is 5. The number of benzene rings is 1. The van der Waals surface area contributed by atoms with Gasteiger partial charge in [-0.15, -0.1) is 10.2 Å². The van der Waals surface area contributed by atoms with E-state index >= 15 is 0 Å². The molecule has 35 heavy (non-hydrogen) atoms. The first kappa shape index (κ1) is 23.0. The van der Waals surface area contributed by atoms with E-state index in [1.165, 1.54) is 12.0 Å². The van der Waals surface area contributed by atoms with E-state index in [9.17, 15) is 9.59 Å². The minimum absolute atomic E-state index is 0.159. The molecule has 3 aromatic rings. The lowest BCUT2D eigenvalue weighted by Crippen LogP contribution is -2.29. The van der Waals surface area contributed by atoms with Crippen molar-refractivity contribution in [2.24, 2.45) is 0 Å². The second-order valence-electron chi connectivity index (χ2n) is 8.08. The number of hydrogen-bond acceptors (Lipinski definition) is 10. The highest BCUT2D eigenvalue weighted by atomic mass is 32.1. The topological polar surface area (TPSA) is 122 Å². The number of pyridine rings is 1. The summed E-state index contributed by atoms with van der Waals surface area (Å²) in [6, 6.07) is 5.34. The number of aromatic nitrogens is 3. The van der Waals surface area contributed by atoms with Crippen LogP contribution in [0.25, 0.3) is 0 Å². The van der Waals surface area contributed by atoms with Gasteiger partial charge in [-0.1, -0.05) is 11.3 Å². The van der Waals surface area contributed by atoms with Crippen LogP contribution in [0.2, 0.25) is 0 Å². The number of rotatable bonds is 6. The zero-order valence-electron chi connectivity index (χ0n) is 19.4. The molecule has 0 radical (unpaired) electrons. The van der Waals surface area contributed by atoms with Gasteiger partial charge in [0.25, 0.3) is 11.8 Å². The summed E-state index contributed by atoms with van der Waals surface area (Å²) < 4.78 is 10.7. The van der Waals surface area contributed by atoms with Crippen molar-refractivity contribution >= 4 is 39.7 Å². The predicted octanol–water partition coefficient (Wildman–Crippen LogP) is 2.16. The predicted molar refractivity (Wildman–Crippen MR) is 132 cm³/mol. The second-order valence-corrected chi connectivity index (χ2v) is 9.04. The number of nitrogens with one attached hydrogen (secondary N) is 2. The van der Waals surface area contributed by atoms with Crippen LogP contribution >= 0.6 is 11.3 Å². The fourth-order valence-corrected chi connectivity index (χ4v) is 4.97. The first-order chi connectivity index (χ1) is 17.1. The molecule has 2 amide bonds. The minimum Gasteiger partial charge on any atom is -0.493 e. The maximum Gasteiger partial charge on any atom is 0.286 e. The third-order valence-electron chi connectivity index (χ3n) is 5.98. The zero-order chi connectivity index (χ0) is 24.4. The Balaban J connectivity index is 1.33. The van der Waals surface area contributed by atoms with Gasteiger partial charge in [0, 0.05) is 31.4 Å². The molecule has 1 fully saturated rings. The van der Waals surface area contributed by atoms with Gasteiger partial charge in [0.1, 0.15) is 0 Å². The maximum absolute atomic E-state index is 13.0. The first-order valence-corrected chi connectivity index (χ1v) is 12.0. The Kier molecular flexibility index (Phi) is 6.47. The standard InChI is InChI=1S/C23H25N7O4S/c1-33-18-10-14-13-30(22(32)15(14)11-19(18)34-2)23-28-27-21(35-23)20(31)26-16-12-25-6-4-17(16)29-8-3-5-24-7-9-29/h4,6,10-12,24H,3,5,7-9,13H2,1-2H3,(H,26,31). The number of carbonyl (C=O) groups excluding carboxylic acids is 2. The van der Waals surface area contributed by atoms with Crippen molar-refractivity contribution in [2.75, 3.05) is 55.5 Å². The molecule has 0 saturated carbocycles. The van der Waals surface area contributed by atoms with Gasteiger partial charge in [0.05, 0.1) is 38.3 Å². The van der Waals surface area contributed by atoms with Gasteiger partial charge in [-0.2, -0.15) is 0 Å². The van der Waals surface area contributed by atoms with Crippen LogP contribution in [-0.4, -0.2) is 67.4 Å². The molecule has 0 unspecified atom stereocenters. The molecule has 1 aromatic carbocycles. The van der Waals surface area contributed by atoms with Crippen molar-refractivity contribution in [1.29, 1.82) is 0 Å². The van der Waals surface area contributed by atoms with Crippen LogP contribution in [0.15, 0.2) is 30.6 Å². The normalized spacial score (nSPS) is 15.5. The third kappa shape index (κ3) is 4.49. The number of anilines is 3. The third-order valence-corrected chi connectivity index (χ3v) is 6.92. The van der Waals surface area contributed by atoms with Crippen LogP contribution in [0.1, 0.15) is 32.1 Å². The van der Waals surface area contributed by atoms with Crippen LogP contribution in [0, 0.1) is 0 Å². The number of carbonyl (C=O) groups is 2. The average molecular weight is 496 g/mol. The quantitative estimate of drug-likeness (QED) is 0.530. The van der Waals surface area contributed by atoms with Gasteiger partial charge in [0.2, 0.25) is 10.1 Å². The van der Waals surface area contributed by atoms with Crippen molar-refractivity contribution in [2.45, 2.75) is 13.0 Å². The van der Waals surface area contributed by atoms with Crippen molar-refractivity contribution in [3.63, 3.8) is 0 Å². The number of ether oxygens (including phenoxy) is 2. The van der Waals surface area contributed by atoms with Gasteiger partial charge in [0.15, 0.2) is 11.5 Å². The summed E-state index contributed by atoms with van der Waals surface area (Å²) in [5.74, 6) is 0.397. The Hall–Kier alpha value is -3.77. The van der Waals surface area contributed by atoms with E-state index in [4.69, 9.17) is 9.47 Å². The molecule has 2 aliphatic rings. The Bertz CT molecular complexity index is 1260. The highest BCUT2D eigenvalue weighted by molar-refractivity contribution is 7.17. The Morgan fingerprint density at radius 3 is 2.80 bits per heavy atom. The Morgan fingerprint density at radius 2 is 1.97 bits per heavy atom. The van der Waals surface area contributed by atoms with Crippen molar-refractivity contribution in [3.05, 3.63) is 46.7 Å². The monoisotopic (exact) mass is 495 g/mol. The number of hydrogen-bond donors (Lipinski definition) is 2. The number of fused-ring (bicyclic) bond motifs is 1. The van der Waals surface area contributed by atoms with Crippen LogP contribution < -0.4 is 29.9 Å². The molecule has 11 nitrogen and oxygen atoms in total. The summed E-state index contributed by atoms with van der Waals surface area (Å²) in [5.41, 5.74) is 2.83. The van der Waals surface area contributed by atoms with Crippen LogP contribution in [0.5, 0.6) is 11.5 Å². The molecule has 5 rings (SSSR count). The van der Waals surface area contributed by atoms with Gasteiger partial charge < -0.3 is 25.0 Å². The van der Waals surface area contributed by atoms with Crippen LogP contribution in [0.4, 0.5) is 16.5 Å². The molecule has 2 aliphatic heterocycles. The summed E-state index contributed by atoms with van der Waals surface area (Å²) in [6.07, 6.45) is 4.36. The largest absolute Gasteiger partial charge is 0.493 e. The molecule has 0 atom stereocenters. The lowest BCUT2D eigenvalue weighted by molar-refractivity contribution is 0.0994. The molecule has 182 valence electrons. The maximum atomic E-state index is 13.0. The van der Waals surface area contributed by atoms with E-state index in [2.05, 4.69) is 30.7 Å². The highest BCUT2D eigenvalue weighted by Gasteiger charge is 2.33. The fraction of sp³-hybridized carbons (Fsp3) is 0.348. The molecule has 0 bridgehead atoms. The first-order valence-electron chi connectivity index (χ1n) is 11.2. The number of amides is 2. The summed E-state index contributed by atoms with van der Waals surface area (Å²) in [5, 5.41) is 15.0. The van der Waals surface area contributed by atoms with Gasteiger partial charge >= 0.3 is 0 Å². The summed E-state index contributed by atoms with van der Waals surface area (Å²) >= 11 is 1.06. The fourth-order valence-electron chi connectivity index (χ4n) is 4.23. The van der Waals surface area contributed by atoms with E-state index < -0.39 is 5.91 Å². The van der Waals surface area contributed by atoms with Crippen LogP contribution in [-0.2, 0) is 6.54 Å². The summed E-state index contributed by atoms with van der Waals surface area (Å²) in [7, 11) is 3.07. The molecule has 0 aliphatic carbocycles. The van der Waals surface area contributed by atoms with Crippen molar-refractivity contribution in [3.8, 4) is 11.5 Å². The average Bonchev–Trinajstić information content (AvgIpc) is 3.38.